The summed E-state index contributed by atoms with van der Waals surface area (Å²) < 4.78 is 12.7. The summed E-state index contributed by atoms with van der Waals surface area (Å²) in [7, 11) is 0. The minimum absolute atomic E-state index is 0.0227. The molecule has 1 unspecified atom stereocenters. The van der Waals surface area contributed by atoms with Gasteiger partial charge in [-0.2, -0.15) is 0 Å². The molecular formula is C13H12ClFS. The molecule has 0 spiro atoms. The third-order valence-electron chi connectivity index (χ3n) is 2.51. The van der Waals surface area contributed by atoms with Crippen LogP contribution in [-0.4, -0.2) is 0 Å². The van der Waals surface area contributed by atoms with Crippen molar-refractivity contribution in [3.05, 3.63) is 57.5 Å². The number of alkyl halides is 1. The minimum atomic E-state index is -0.206. The molecule has 2 rings (SSSR count). The second kappa shape index (κ2) is 4.98. The normalized spacial score (nSPS) is 12.7. The van der Waals surface area contributed by atoms with Crippen LogP contribution in [0.5, 0.6) is 0 Å². The molecule has 3 heteroatoms. The second-order valence-electron chi connectivity index (χ2n) is 3.77. The van der Waals surface area contributed by atoms with Crippen molar-refractivity contribution in [1.29, 1.82) is 0 Å². The van der Waals surface area contributed by atoms with Crippen LogP contribution in [0.2, 0.25) is 0 Å². The number of aryl methyl sites for hydroxylation is 1. The van der Waals surface area contributed by atoms with E-state index in [0.717, 1.165) is 12.0 Å². The van der Waals surface area contributed by atoms with Crippen LogP contribution in [0, 0.1) is 12.7 Å². The SMILES string of the molecule is Cc1ccsc1C(Cl)Cc1ccc(F)cc1. The van der Waals surface area contributed by atoms with E-state index in [2.05, 4.69) is 13.0 Å². The van der Waals surface area contributed by atoms with Crippen molar-refractivity contribution in [1.82, 2.24) is 0 Å². The Hall–Kier alpha value is -0.860. The fraction of sp³-hybridized carbons (Fsp3) is 0.231. The lowest BCUT2D eigenvalue weighted by Gasteiger charge is -2.08. The van der Waals surface area contributed by atoms with Gasteiger partial charge in [0.25, 0.3) is 0 Å². The highest BCUT2D eigenvalue weighted by molar-refractivity contribution is 7.10. The summed E-state index contributed by atoms with van der Waals surface area (Å²) in [6, 6.07) is 8.59. The second-order valence-corrected chi connectivity index (χ2v) is 5.24. The summed E-state index contributed by atoms with van der Waals surface area (Å²) in [4.78, 5) is 1.20. The minimum Gasteiger partial charge on any atom is -0.207 e. The van der Waals surface area contributed by atoms with Crippen LogP contribution < -0.4 is 0 Å². The molecule has 0 aliphatic heterocycles. The topological polar surface area (TPSA) is 0 Å². The van der Waals surface area contributed by atoms with Crippen molar-refractivity contribution >= 4 is 22.9 Å². The van der Waals surface area contributed by atoms with Crippen molar-refractivity contribution in [3.63, 3.8) is 0 Å². The average Bonchev–Trinajstić information content (AvgIpc) is 2.68. The first kappa shape index (κ1) is 11.6. The van der Waals surface area contributed by atoms with Gasteiger partial charge in [-0.3, -0.25) is 0 Å². The Balaban J connectivity index is 2.10. The van der Waals surface area contributed by atoms with E-state index < -0.39 is 0 Å². The summed E-state index contributed by atoms with van der Waals surface area (Å²) in [6.07, 6.45) is 0.739. The van der Waals surface area contributed by atoms with E-state index in [9.17, 15) is 4.39 Å². The Morgan fingerprint density at radius 2 is 1.94 bits per heavy atom. The first-order valence-corrected chi connectivity index (χ1v) is 6.41. The number of hydrogen-bond donors (Lipinski definition) is 0. The molecule has 84 valence electrons. The first-order valence-electron chi connectivity index (χ1n) is 5.09. The van der Waals surface area contributed by atoms with E-state index in [-0.39, 0.29) is 11.2 Å². The smallest absolute Gasteiger partial charge is 0.123 e. The van der Waals surface area contributed by atoms with E-state index in [0.29, 0.717) is 0 Å². The highest BCUT2D eigenvalue weighted by Crippen LogP contribution is 2.31. The molecule has 0 saturated heterocycles. The molecule has 2 aromatic rings. The summed E-state index contributed by atoms with van der Waals surface area (Å²) >= 11 is 8.02. The Morgan fingerprint density at radius 3 is 2.50 bits per heavy atom. The van der Waals surface area contributed by atoms with Crippen molar-refractivity contribution in [2.45, 2.75) is 18.7 Å². The summed E-state index contributed by atoms with van der Waals surface area (Å²) in [5.41, 5.74) is 2.29. The molecule has 0 saturated carbocycles. The van der Waals surface area contributed by atoms with Gasteiger partial charge in [0.05, 0.1) is 5.38 Å². The Labute approximate surface area is 104 Å². The lowest BCUT2D eigenvalue weighted by Crippen LogP contribution is -1.95. The van der Waals surface area contributed by atoms with Gasteiger partial charge in [-0.25, -0.2) is 4.39 Å². The molecule has 0 bridgehead atoms. The van der Waals surface area contributed by atoms with E-state index >= 15 is 0 Å². The zero-order chi connectivity index (χ0) is 11.5. The number of hydrogen-bond acceptors (Lipinski definition) is 1. The van der Waals surface area contributed by atoms with E-state index in [1.807, 2.05) is 5.38 Å². The molecule has 1 atom stereocenters. The van der Waals surface area contributed by atoms with Gasteiger partial charge in [0.2, 0.25) is 0 Å². The maximum Gasteiger partial charge on any atom is 0.123 e. The van der Waals surface area contributed by atoms with Crippen LogP contribution in [-0.2, 0) is 6.42 Å². The molecule has 16 heavy (non-hydrogen) atoms. The van der Waals surface area contributed by atoms with Gasteiger partial charge in [0.15, 0.2) is 0 Å². The summed E-state index contributed by atoms with van der Waals surface area (Å²) in [5, 5.41) is 2.02. The maximum absolute atomic E-state index is 12.7. The Morgan fingerprint density at radius 1 is 1.25 bits per heavy atom. The molecule has 0 aliphatic carbocycles. The van der Waals surface area contributed by atoms with Crippen molar-refractivity contribution in [2.24, 2.45) is 0 Å². The fourth-order valence-electron chi connectivity index (χ4n) is 1.63. The molecule has 1 heterocycles. The zero-order valence-corrected chi connectivity index (χ0v) is 10.5. The van der Waals surface area contributed by atoms with Gasteiger partial charge in [-0.15, -0.1) is 22.9 Å². The number of rotatable bonds is 3. The summed E-state index contributed by atoms with van der Waals surface area (Å²) in [6.45, 7) is 2.06. The quantitative estimate of drug-likeness (QED) is 0.696. The average molecular weight is 255 g/mol. The molecule has 0 fully saturated rings. The van der Waals surface area contributed by atoms with Gasteiger partial charge in [0.1, 0.15) is 5.82 Å². The van der Waals surface area contributed by atoms with Crippen molar-refractivity contribution in [2.75, 3.05) is 0 Å². The van der Waals surface area contributed by atoms with Crippen LogP contribution in [0.15, 0.2) is 35.7 Å². The third-order valence-corrected chi connectivity index (χ3v) is 4.15. The van der Waals surface area contributed by atoms with Crippen LogP contribution in [0.4, 0.5) is 4.39 Å². The molecule has 0 radical (unpaired) electrons. The Kier molecular flexibility index (Phi) is 3.62. The third kappa shape index (κ3) is 2.63. The van der Waals surface area contributed by atoms with Crippen molar-refractivity contribution in [3.8, 4) is 0 Å². The van der Waals surface area contributed by atoms with Gasteiger partial charge in [-0.05, 0) is 48.1 Å². The number of halogens is 2. The van der Waals surface area contributed by atoms with Gasteiger partial charge < -0.3 is 0 Å². The highest BCUT2D eigenvalue weighted by Gasteiger charge is 2.12. The fourth-order valence-corrected chi connectivity index (χ4v) is 3.03. The number of benzene rings is 1. The lowest BCUT2D eigenvalue weighted by atomic mass is 10.1. The largest absolute Gasteiger partial charge is 0.207 e. The van der Waals surface area contributed by atoms with E-state index in [4.69, 9.17) is 11.6 Å². The molecule has 1 aromatic heterocycles. The predicted octanol–water partition coefficient (Wildman–Crippen LogP) is 4.72. The molecule has 0 aliphatic rings. The van der Waals surface area contributed by atoms with Crippen molar-refractivity contribution < 1.29 is 4.39 Å². The van der Waals surface area contributed by atoms with Crippen LogP contribution in [0.1, 0.15) is 21.4 Å². The highest BCUT2D eigenvalue weighted by atomic mass is 35.5. The molecule has 0 N–H and O–H groups in total. The first-order chi connectivity index (χ1) is 7.66. The van der Waals surface area contributed by atoms with Gasteiger partial charge in [0, 0.05) is 4.88 Å². The molecule has 1 aromatic carbocycles. The monoisotopic (exact) mass is 254 g/mol. The number of thiophene rings is 1. The van der Waals surface area contributed by atoms with Crippen LogP contribution in [0.25, 0.3) is 0 Å². The molecular weight excluding hydrogens is 243 g/mol. The van der Waals surface area contributed by atoms with Gasteiger partial charge >= 0.3 is 0 Å². The van der Waals surface area contributed by atoms with Crippen LogP contribution in [0.3, 0.4) is 0 Å². The Bertz CT molecular complexity index is 461. The maximum atomic E-state index is 12.7. The van der Waals surface area contributed by atoms with Gasteiger partial charge in [-0.1, -0.05) is 12.1 Å². The summed E-state index contributed by atoms with van der Waals surface area (Å²) in [5.74, 6) is -0.206. The van der Waals surface area contributed by atoms with E-state index in [1.54, 1.807) is 23.5 Å². The molecule has 0 amide bonds. The molecule has 0 nitrogen and oxygen atoms in total. The zero-order valence-electron chi connectivity index (χ0n) is 8.91. The lowest BCUT2D eigenvalue weighted by molar-refractivity contribution is 0.627. The standard InChI is InChI=1S/C13H12ClFS/c1-9-6-7-16-13(9)12(14)8-10-2-4-11(15)5-3-10/h2-7,12H,8H2,1H3. The van der Waals surface area contributed by atoms with Crippen LogP contribution >= 0.6 is 22.9 Å². The van der Waals surface area contributed by atoms with E-state index in [1.165, 1.54) is 22.6 Å². The predicted molar refractivity (Wildman–Crippen MR) is 67.8 cm³/mol.